The average molecular weight is 259 g/mol. The second kappa shape index (κ2) is 6.04. The van der Waals surface area contributed by atoms with Crippen molar-refractivity contribution in [2.24, 2.45) is 0 Å². The van der Waals surface area contributed by atoms with Gasteiger partial charge in [0.15, 0.2) is 0 Å². The Morgan fingerprint density at radius 1 is 1.21 bits per heavy atom. The third-order valence-corrected chi connectivity index (χ3v) is 2.42. The summed E-state index contributed by atoms with van der Waals surface area (Å²) in [5.41, 5.74) is 1.25. The second-order valence-corrected chi connectivity index (χ2v) is 4.40. The molecule has 0 saturated heterocycles. The van der Waals surface area contributed by atoms with Crippen LogP contribution in [0.1, 0.15) is 17.3 Å². The predicted octanol–water partition coefficient (Wildman–Crippen LogP) is 3.17. The van der Waals surface area contributed by atoms with Crippen molar-refractivity contribution in [1.29, 1.82) is 0 Å². The van der Waals surface area contributed by atoms with E-state index in [1.54, 1.807) is 7.11 Å². The van der Waals surface area contributed by atoms with Crippen LogP contribution in [-0.4, -0.2) is 20.3 Å². The monoisotopic (exact) mass is 258 g/mol. The van der Waals surface area contributed by atoms with E-state index in [9.17, 15) is 0 Å². The first-order valence-corrected chi connectivity index (χ1v) is 5.51. The van der Waals surface area contributed by atoms with Crippen LogP contribution < -0.4 is 4.74 Å². The fraction of sp³-hybridized carbons (Fsp3) is 0.455. The van der Waals surface area contributed by atoms with E-state index >= 15 is 0 Å². The zero-order chi connectivity index (χ0) is 10.4. The van der Waals surface area contributed by atoms with Gasteiger partial charge in [0.2, 0.25) is 0 Å². The van der Waals surface area contributed by atoms with E-state index in [4.69, 9.17) is 9.47 Å². The van der Waals surface area contributed by atoms with Gasteiger partial charge in [-0.1, -0.05) is 28.1 Å². The summed E-state index contributed by atoms with van der Waals surface area (Å²) in [6, 6.07) is 8.06. The maximum atomic E-state index is 5.44. The molecule has 1 aromatic carbocycles. The lowest BCUT2D eigenvalue weighted by Crippen LogP contribution is -2.04. The number of hydrogen-bond donors (Lipinski definition) is 0. The first kappa shape index (κ1) is 11.5. The van der Waals surface area contributed by atoms with Crippen LogP contribution in [-0.2, 0) is 4.74 Å². The normalized spacial score (nSPS) is 12.5. The molecule has 0 heterocycles. The van der Waals surface area contributed by atoms with Crippen molar-refractivity contribution in [3.63, 3.8) is 0 Å². The van der Waals surface area contributed by atoms with Crippen molar-refractivity contribution < 1.29 is 9.47 Å². The molecule has 0 aliphatic heterocycles. The van der Waals surface area contributed by atoms with E-state index in [0.717, 1.165) is 5.75 Å². The number of methoxy groups -OCH3 is 1. The van der Waals surface area contributed by atoms with Gasteiger partial charge in [-0.25, -0.2) is 0 Å². The fourth-order valence-corrected chi connectivity index (χ4v) is 1.38. The molecule has 2 nitrogen and oxygen atoms in total. The highest BCUT2D eigenvalue weighted by molar-refractivity contribution is 9.09. The van der Waals surface area contributed by atoms with Gasteiger partial charge in [0.05, 0.1) is 6.61 Å². The summed E-state index contributed by atoms with van der Waals surface area (Å²) in [5, 5.41) is 0. The molecule has 0 N–H and O–H groups in total. The maximum absolute atomic E-state index is 5.44. The molecule has 0 radical (unpaired) electrons. The molecule has 78 valence electrons. The van der Waals surface area contributed by atoms with Crippen LogP contribution >= 0.6 is 15.9 Å². The van der Waals surface area contributed by atoms with Crippen molar-refractivity contribution in [1.82, 2.24) is 0 Å². The lowest BCUT2D eigenvalue weighted by molar-refractivity contribution is 0.146. The van der Waals surface area contributed by atoms with E-state index in [1.807, 2.05) is 12.1 Å². The molecule has 0 aliphatic carbocycles. The number of ether oxygens (including phenoxy) is 2. The molecule has 1 unspecified atom stereocenters. The van der Waals surface area contributed by atoms with Gasteiger partial charge >= 0.3 is 0 Å². The second-order valence-electron chi connectivity index (χ2n) is 3.03. The topological polar surface area (TPSA) is 18.5 Å². The lowest BCUT2D eigenvalue weighted by Gasteiger charge is -2.07. The van der Waals surface area contributed by atoms with Crippen LogP contribution in [0.25, 0.3) is 0 Å². The maximum Gasteiger partial charge on any atom is 0.119 e. The largest absolute Gasteiger partial charge is 0.491 e. The predicted molar refractivity (Wildman–Crippen MR) is 61.2 cm³/mol. The number of hydrogen-bond acceptors (Lipinski definition) is 2. The molecule has 0 amide bonds. The molecule has 0 aliphatic rings. The SMILES string of the molecule is COCCOc1ccc(C(C)Br)cc1. The van der Waals surface area contributed by atoms with Gasteiger partial charge in [0.25, 0.3) is 0 Å². The Labute approximate surface area is 93.4 Å². The minimum absolute atomic E-state index is 0.385. The van der Waals surface area contributed by atoms with Gasteiger partial charge in [0.1, 0.15) is 12.4 Å². The number of alkyl halides is 1. The minimum Gasteiger partial charge on any atom is -0.491 e. The van der Waals surface area contributed by atoms with Crippen molar-refractivity contribution in [2.75, 3.05) is 20.3 Å². The molecule has 0 spiro atoms. The smallest absolute Gasteiger partial charge is 0.119 e. The third kappa shape index (κ3) is 3.68. The summed E-state index contributed by atoms with van der Waals surface area (Å²) in [6.07, 6.45) is 0. The van der Waals surface area contributed by atoms with Crippen molar-refractivity contribution >= 4 is 15.9 Å². The van der Waals surface area contributed by atoms with E-state index in [2.05, 4.69) is 35.0 Å². The summed E-state index contributed by atoms with van der Waals surface area (Å²) in [4.78, 5) is 0.385. The summed E-state index contributed by atoms with van der Waals surface area (Å²) < 4.78 is 10.3. The quantitative estimate of drug-likeness (QED) is 0.597. The zero-order valence-electron chi connectivity index (χ0n) is 8.50. The average Bonchev–Trinajstić information content (AvgIpc) is 2.19. The number of halogens is 1. The Bertz CT molecular complexity index is 256. The molecule has 0 saturated carbocycles. The van der Waals surface area contributed by atoms with E-state index in [-0.39, 0.29) is 0 Å². The molecule has 1 atom stereocenters. The van der Waals surface area contributed by atoms with Gasteiger partial charge < -0.3 is 9.47 Å². The van der Waals surface area contributed by atoms with Gasteiger partial charge in [-0.2, -0.15) is 0 Å². The van der Waals surface area contributed by atoms with Crippen LogP contribution in [0.2, 0.25) is 0 Å². The van der Waals surface area contributed by atoms with Gasteiger partial charge in [0, 0.05) is 11.9 Å². The van der Waals surface area contributed by atoms with Crippen LogP contribution in [0.3, 0.4) is 0 Å². The van der Waals surface area contributed by atoms with Crippen LogP contribution in [0.15, 0.2) is 24.3 Å². The highest BCUT2D eigenvalue weighted by Crippen LogP contribution is 2.23. The van der Waals surface area contributed by atoms with E-state index in [0.29, 0.717) is 18.0 Å². The molecule has 0 fully saturated rings. The van der Waals surface area contributed by atoms with E-state index < -0.39 is 0 Å². The highest BCUT2D eigenvalue weighted by Gasteiger charge is 2.00. The van der Waals surface area contributed by atoms with Crippen molar-refractivity contribution in [3.8, 4) is 5.75 Å². The Kier molecular flexibility index (Phi) is 4.98. The van der Waals surface area contributed by atoms with Crippen molar-refractivity contribution in [3.05, 3.63) is 29.8 Å². The molecule has 1 aromatic rings. The summed E-state index contributed by atoms with van der Waals surface area (Å²) in [6.45, 7) is 3.32. The van der Waals surface area contributed by atoms with Crippen LogP contribution in [0.5, 0.6) is 5.75 Å². The Morgan fingerprint density at radius 3 is 2.36 bits per heavy atom. The standard InChI is InChI=1S/C11H15BrO2/c1-9(12)10-3-5-11(6-4-10)14-8-7-13-2/h3-6,9H,7-8H2,1-2H3. The molecule has 0 bridgehead atoms. The van der Waals surface area contributed by atoms with Gasteiger partial charge in [-0.15, -0.1) is 0 Å². The Morgan fingerprint density at radius 2 is 1.86 bits per heavy atom. The molecule has 3 heteroatoms. The third-order valence-electron chi connectivity index (χ3n) is 1.90. The zero-order valence-corrected chi connectivity index (χ0v) is 10.1. The Balaban J connectivity index is 2.47. The first-order chi connectivity index (χ1) is 6.74. The summed E-state index contributed by atoms with van der Waals surface area (Å²) in [7, 11) is 1.67. The first-order valence-electron chi connectivity index (χ1n) is 4.60. The Hall–Kier alpha value is -0.540. The number of benzene rings is 1. The molecule has 1 rings (SSSR count). The summed E-state index contributed by atoms with van der Waals surface area (Å²) >= 11 is 3.51. The molecular formula is C11H15BrO2. The lowest BCUT2D eigenvalue weighted by atomic mass is 10.2. The van der Waals surface area contributed by atoms with Crippen LogP contribution in [0.4, 0.5) is 0 Å². The van der Waals surface area contributed by atoms with Gasteiger partial charge in [-0.05, 0) is 24.6 Å². The molecule has 14 heavy (non-hydrogen) atoms. The minimum atomic E-state index is 0.385. The van der Waals surface area contributed by atoms with E-state index in [1.165, 1.54) is 5.56 Å². The van der Waals surface area contributed by atoms with Crippen LogP contribution in [0, 0.1) is 0 Å². The molecular weight excluding hydrogens is 244 g/mol. The van der Waals surface area contributed by atoms with Gasteiger partial charge in [-0.3, -0.25) is 0 Å². The van der Waals surface area contributed by atoms with Crippen molar-refractivity contribution in [2.45, 2.75) is 11.8 Å². The highest BCUT2D eigenvalue weighted by atomic mass is 79.9. The fourth-order valence-electron chi connectivity index (χ4n) is 1.07. The number of rotatable bonds is 5. The molecule has 0 aromatic heterocycles. The summed E-state index contributed by atoms with van der Waals surface area (Å²) in [5.74, 6) is 0.888.